The van der Waals surface area contributed by atoms with E-state index >= 15 is 0 Å². The summed E-state index contributed by atoms with van der Waals surface area (Å²) in [6.07, 6.45) is 13.7. The molecular formula is C53H60Cl2Zr. The first kappa shape index (κ1) is 42.8. The molecule has 0 radical (unpaired) electrons. The smallest absolute Gasteiger partial charge is 1.00 e. The topological polar surface area (TPSA) is 0 Å². The van der Waals surface area contributed by atoms with Gasteiger partial charge in [-0.3, -0.25) is 0 Å². The van der Waals surface area contributed by atoms with Crippen molar-refractivity contribution in [1.29, 1.82) is 0 Å². The zero-order valence-corrected chi connectivity index (χ0v) is 39.7. The fraction of sp³-hybridized carbons (Fsp3) is 0.377. The molecule has 0 aromatic heterocycles. The summed E-state index contributed by atoms with van der Waals surface area (Å²) in [5, 5.41) is 0. The fourth-order valence-corrected chi connectivity index (χ4v) is 19.5. The molecule has 0 heterocycles. The summed E-state index contributed by atoms with van der Waals surface area (Å²) in [7, 11) is 0. The molecule has 0 nitrogen and oxygen atoms in total. The molecule has 0 fully saturated rings. The van der Waals surface area contributed by atoms with Crippen LogP contribution in [0.4, 0.5) is 0 Å². The molecule has 4 aliphatic carbocycles. The van der Waals surface area contributed by atoms with Crippen LogP contribution in [0.3, 0.4) is 0 Å². The van der Waals surface area contributed by atoms with Gasteiger partial charge in [-0.15, -0.1) is 0 Å². The maximum Gasteiger partial charge on any atom is -1.00 e. The van der Waals surface area contributed by atoms with E-state index < -0.39 is 21.3 Å². The average Bonchev–Trinajstić information content (AvgIpc) is 3.70. The van der Waals surface area contributed by atoms with Crippen molar-refractivity contribution in [3.05, 3.63) is 162 Å². The monoisotopic (exact) mass is 856 g/mol. The average molecular weight is 859 g/mol. The van der Waals surface area contributed by atoms with E-state index in [-0.39, 0.29) is 41.1 Å². The Morgan fingerprint density at radius 2 is 1.07 bits per heavy atom. The summed E-state index contributed by atoms with van der Waals surface area (Å²) in [5.74, 6) is 0.463. The minimum atomic E-state index is -3.02. The molecule has 3 heteroatoms. The van der Waals surface area contributed by atoms with Gasteiger partial charge in [0.25, 0.3) is 0 Å². The molecule has 0 saturated heterocycles. The summed E-state index contributed by atoms with van der Waals surface area (Å²) in [6.45, 7) is 28.7. The van der Waals surface area contributed by atoms with Crippen molar-refractivity contribution in [2.75, 3.05) is 0 Å². The van der Waals surface area contributed by atoms with Gasteiger partial charge in [0.15, 0.2) is 0 Å². The first-order valence-electron chi connectivity index (χ1n) is 20.5. The summed E-state index contributed by atoms with van der Waals surface area (Å²) in [4.78, 5) is 0. The van der Waals surface area contributed by atoms with Gasteiger partial charge in [0.1, 0.15) is 0 Å². The van der Waals surface area contributed by atoms with E-state index in [4.69, 9.17) is 0 Å². The molecular weight excluding hydrogens is 799 g/mol. The van der Waals surface area contributed by atoms with Gasteiger partial charge in [0, 0.05) is 0 Å². The zero-order valence-electron chi connectivity index (χ0n) is 35.8. The first-order valence-corrected chi connectivity index (χ1v) is 24.4. The first-order chi connectivity index (χ1) is 25.5. The van der Waals surface area contributed by atoms with Crippen molar-refractivity contribution < 1.29 is 46.1 Å². The molecule has 0 bridgehead atoms. The number of allylic oxidation sites excluding steroid dienone is 8. The number of fused-ring (bicyclic) bond motifs is 5. The Balaban J connectivity index is 0.00000266. The molecule has 8 rings (SSSR count). The third-order valence-electron chi connectivity index (χ3n) is 13.4. The van der Waals surface area contributed by atoms with Gasteiger partial charge in [0.2, 0.25) is 0 Å². The maximum absolute atomic E-state index is 3.02. The van der Waals surface area contributed by atoms with E-state index in [9.17, 15) is 0 Å². The van der Waals surface area contributed by atoms with Crippen molar-refractivity contribution in [2.24, 2.45) is 11.3 Å². The van der Waals surface area contributed by atoms with E-state index in [0.29, 0.717) is 9.54 Å². The number of benzene rings is 4. The molecule has 0 aliphatic heterocycles. The van der Waals surface area contributed by atoms with Gasteiger partial charge in [-0.1, -0.05) is 0 Å². The summed E-state index contributed by atoms with van der Waals surface area (Å²) >= 11 is -3.02. The van der Waals surface area contributed by atoms with Crippen LogP contribution >= 0.6 is 0 Å². The van der Waals surface area contributed by atoms with Gasteiger partial charge in [0.05, 0.1) is 0 Å². The molecule has 290 valence electrons. The second-order valence-corrected chi connectivity index (χ2v) is 25.5. The SMILES string of the molecule is CCC1C=C(C(C)(C)C)C=[C]1[Zr+2](=[C](c1ccc(C)cc1)c1ccc(C)cc1)[CH]1c2cc3c(cc2-c2cc4c(cc21)C(C)(C)CC=C4C)C(C)=CCC3(C)C.[Cl-].[Cl-]. The Labute approximate surface area is 358 Å². The van der Waals surface area contributed by atoms with E-state index in [2.05, 4.69) is 180 Å². The molecule has 1 atom stereocenters. The molecule has 0 N–H and O–H groups in total. The van der Waals surface area contributed by atoms with Crippen molar-refractivity contribution in [1.82, 2.24) is 0 Å². The van der Waals surface area contributed by atoms with Crippen LogP contribution < -0.4 is 24.8 Å². The number of halogens is 2. The number of hydrogen-bond acceptors (Lipinski definition) is 0. The molecule has 0 spiro atoms. The van der Waals surface area contributed by atoms with Crippen LogP contribution in [0.15, 0.2) is 106 Å². The van der Waals surface area contributed by atoms with Gasteiger partial charge < -0.3 is 24.8 Å². The van der Waals surface area contributed by atoms with E-state index in [1.165, 1.54) is 72.4 Å². The van der Waals surface area contributed by atoms with Gasteiger partial charge >= 0.3 is 336 Å². The van der Waals surface area contributed by atoms with Gasteiger partial charge in [-0.25, -0.2) is 0 Å². The maximum atomic E-state index is 2.73. The Hall–Kier alpha value is -2.83. The molecule has 4 aliphatic rings. The predicted octanol–water partition coefficient (Wildman–Crippen LogP) is 8.33. The van der Waals surface area contributed by atoms with Crippen LogP contribution in [-0.4, -0.2) is 3.21 Å². The van der Waals surface area contributed by atoms with E-state index in [0.717, 1.165) is 19.3 Å². The number of aryl methyl sites for hydroxylation is 2. The third-order valence-corrected chi connectivity index (χ3v) is 21.9. The molecule has 56 heavy (non-hydrogen) atoms. The minimum Gasteiger partial charge on any atom is -1.00 e. The molecule has 4 aromatic carbocycles. The molecule has 1 unspecified atom stereocenters. The van der Waals surface area contributed by atoms with Gasteiger partial charge in [-0.05, 0) is 0 Å². The second-order valence-electron chi connectivity index (χ2n) is 19.4. The summed E-state index contributed by atoms with van der Waals surface area (Å²) in [6, 6.07) is 29.9. The summed E-state index contributed by atoms with van der Waals surface area (Å²) in [5.41, 5.74) is 22.3. The Bertz CT molecular complexity index is 2230. The van der Waals surface area contributed by atoms with E-state index in [1.807, 2.05) is 0 Å². The van der Waals surface area contributed by atoms with Gasteiger partial charge in [-0.2, -0.15) is 0 Å². The Morgan fingerprint density at radius 1 is 0.643 bits per heavy atom. The van der Waals surface area contributed by atoms with Crippen LogP contribution in [0.1, 0.15) is 148 Å². The van der Waals surface area contributed by atoms with E-state index in [1.54, 1.807) is 17.6 Å². The molecule has 0 saturated carbocycles. The van der Waals surface area contributed by atoms with Crippen LogP contribution in [0.25, 0.3) is 22.3 Å². The number of rotatable bonds is 5. The fourth-order valence-electron chi connectivity index (χ4n) is 9.77. The van der Waals surface area contributed by atoms with Crippen molar-refractivity contribution >= 4 is 14.4 Å². The van der Waals surface area contributed by atoms with Crippen LogP contribution in [0.2, 0.25) is 0 Å². The largest absolute Gasteiger partial charge is 1.00 e. The van der Waals surface area contributed by atoms with Crippen LogP contribution in [0.5, 0.6) is 0 Å². The Morgan fingerprint density at radius 3 is 1.46 bits per heavy atom. The quantitative estimate of drug-likeness (QED) is 0.190. The molecule has 0 amide bonds. The normalized spacial score (nSPS) is 18.7. The standard InChI is InChI=1S/C27H29.C15H14.C11H17.2ClH.Zr/c1-16-7-9-26(3,4)24-12-18-11-19-13-25-21(17(2)8-10-27(25,5)6)15-23(19)22(18)14-20(16)24;1-12-3-7-14(8-4-12)11-15-9-5-13(2)6-10-15;1-5-9-6-7-10(8-9)11(2,3)4;;;/h7-8,11-15H,9-10H2,1-6H3;3-10H,1-2H3;7-9H,5H2,1-4H3;2*1H;/q;;;;;+2/p-2. The second kappa shape index (κ2) is 15.4. The van der Waals surface area contributed by atoms with Crippen LogP contribution in [0, 0.1) is 25.2 Å². The Kier molecular flexibility index (Phi) is 11.8. The third kappa shape index (κ3) is 7.26. The summed E-state index contributed by atoms with van der Waals surface area (Å²) < 4.78 is 3.78. The minimum absolute atomic E-state index is 0. The predicted molar refractivity (Wildman–Crippen MR) is 231 cm³/mol. The number of hydrogen-bond donors (Lipinski definition) is 0. The van der Waals surface area contributed by atoms with Crippen molar-refractivity contribution in [2.45, 2.75) is 117 Å². The van der Waals surface area contributed by atoms with Crippen LogP contribution in [-0.2, 0) is 32.1 Å². The molecule has 4 aromatic rings. The van der Waals surface area contributed by atoms with Crippen molar-refractivity contribution in [3.8, 4) is 11.1 Å². The van der Waals surface area contributed by atoms with Crippen molar-refractivity contribution in [3.63, 3.8) is 0 Å². The zero-order chi connectivity index (χ0) is 38.5.